The van der Waals surface area contributed by atoms with Gasteiger partial charge in [0.1, 0.15) is 6.10 Å². The molecular formula is C14H13BrClNO7. The molecule has 1 aliphatic rings. The van der Waals surface area contributed by atoms with Gasteiger partial charge in [-0.15, -0.1) is 0 Å². The number of aromatic nitrogens is 1. The molecule has 1 aromatic carbocycles. The number of aliphatic hydroxyl groups excluding tert-OH is 2. The minimum atomic E-state index is -2.98. The Morgan fingerprint density at radius 1 is 1.25 bits per heavy atom. The molecule has 0 bridgehead atoms. The van der Waals surface area contributed by atoms with E-state index in [-0.39, 0.29) is 5.69 Å². The lowest BCUT2D eigenvalue weighted by molar-refractivity contribution is -0.346. The molecule has 1 aromatic heterocycles. The molecule has 10 heteroatoms. The van der Waals surface area contributed by atoms with Crippen LogP contribution in [-0.4, -0.2) is 58.5 Å². The van der Waals surface area contributed by atoms with Gasteiger partial charge in [-0.1, -0.05) is 29.8 Å². The van der Waals surface area contributed by atoms with Gasteiger partial charge < -0.3 is 35.3 Å². The number of carbonyl (C=O) groups is 1. The van der Waals surface area contributed by atoms with Gasteiger partial charge in [-0.2, -0.15) is 0 Å². The van der Waals surface area contributed by atoms with Crippen molar-refractivity contribution >= 4 is 44.4 Å². The number of aliphatic carboxylic acids is 1. The van der Waals surface area contributed by atoms with Gasteiger partial charge in [0.15, 0.2) is 11.7 Å². The lowest BCUT2D eigenvalue weighted by atomic mass is 9.81. The number of aliphatic hydroxyl groups is 4. The van der Waals surface area contributed by atoms with Crippen LogP contribution in [0.15, 0.2) is 30.3 Å². The first kappa shape index (κ1) is 17.6. The first-order chi connectivity index (χ1) is 11.0. The van der Waals surface area contributed by atoms with Crippen LogP contribution < -0.4 is 0 Å². The highest BCUT2D eigenvalue weighted by atomic mass is 79.9. The van der Waals surface area contributed by atoms with Crippen LogP contribution >= 0.6 is 27.5 Å². The van der Waals surface area contributed by atoms with E-state index in [0.717, 1.165) is 0 Å². The van der Waals surface area contributed by atoms with E-state index < -0.39 is 33.5 Å². The molecule has 130 valence electrons. The van der Waals surface area contributed by atoms with Crippen LogP contribution in [0.4, 0.5) is 0 Å². The summed E-state index contributed by atoms with van der Waals surface area (Å²) >= 11 is 8.30. The summed E-state index contributed by atoms with van der Waals surface area (Å²) in [4.78, 5) is 14.2. The van der Waals surface area contributed by atoms with E-state index in [0.29, 0.717) is 10.9 Å². The van der Waals surface area contributed by atoms with Crippen molar-refractivity contribution in [1.82, 2.24) is 4.98 Å². The summed E-state index contributed by atoms with van der Waals surface area (Å²) in [6.07, 6.45) is -4.48. The smallest absolute Gasteiger partial charge is 0.350 e. The normalized spacial score (nSPS) is 39.9. The predicted octanol–water partition coefficient (Wildman–Crippen LogP) is 0.168. The molecule has 1 fully saturated rings. The first-order valence-electron chi connectivity index (χ1n) is 6.74. The fraction of sp³-hybridized carbons (Fsp3) is 0.357. The Morgan fingerprint density at radius 3 is 2.46 bits per heavy atom. The summed E-state index contributed by atoms with van der Waals surface area (Å²) in [5, 5.41) is 48.6. The van der Waals surface area contributed by atoms with Crippen molar-refractivity contribution in [3.63, 3.8) is 0 Å². The number of nitrogens with one attached hydrogen (secondary N) is 1. The van der Waals surface area contributed by atoms with Crippen molar-refractivity contribution in [2.75, 3.05) is 0 Å². The molecule has 1 aliphatic heterocycles. The summed E-state index contributed by atoms with van der Waals surface area (Å²) in [6.45, 7) is 0. The lowest BCUT2D eigenvalue weighted by Gasteiger charge is -2.51. The highest BCUT2D eigenvalue weighted by Crippen LogP contribution is 2.50. The average Bonchev–Trinajstić information content (AvgIpc) is 2.95. The minimum absolute atomic E-state index is 0.142. The van der Waals surface area contributed by atoms with Crippen molar-refractivity contribution in [3.8, 4) is 0 Å². The molecule has 24 heavy (non-hydrogen) atoms. The van der Waals surface area contributed by atoms with E-state index in [1.54, 1.807) is 24.3 Å². The standard InChI is InChI=1S/C14H13BrClNO7/c15-13(11(20)21)9(18)12(22,10(19)14(16,23)24-13)8-5-6-3-1-2-4-7(6)17-8/h1-5,9-10,17-19,22-23H,(H,20,21)/t9-,10+,12-,13-,14-/m0/s1. The molecule has 0 saturated carbocycles. The van der Waals surface area contributed by atoms with Gasteiger partial charge in [-0.05, 0) is 33.4 Å². The number of carboxylic acid groups (broad SMARTS) is 1. The molecule has 0 aliphatic carbocycles. The van der Waals surface area contributed by atoms with Crippen LogP contribution in [0.3, 0.4) is 0 Å². The van der Waals surface area contributed by atoms with E-state index in [1.165, 1.54) is 6.07 Å². The number of aromatic amines is 1. The van der Waals surface area contributed by atoms with E-state index >= 15 is 0 Å². The van der Waals surface area contributed by atoms with Crippen molar-refractivity contribution in [3.05, 3.63) is 36.0 Å². The zero-order valence-electron chi connectivity index (χ0n) is 11.8. The Morgan fingerprint density at radius 2 is 1.88 bits per heavy atom. The largest absolute Gasteiger partial charge is 0.478 e. The number of para-hydroxylation sites is 1. The van der Waals surface area contributed by atoms with Crippen LogP contribution in [-0.2, 0) is 15.1 Å². The molecule has 1 saturated heterocycles. The van der Waals surface area contributed by atoms with Crippen LogP contribution in [0.5, 0.6) is 0 Å². The number of alkyl halides is 2. The predicted molar refractivity (Wildman–Crippen MR) is 85.4 cm³/mol. The maximum atomic E-state index is 11.5. The third kappa shape index (κ3) is 2.28. The molecule has 8 nitrogen and oxygen atoms in total. The second-order valence-corrected chi connectivity index (χ2v) is 7.28. The van der Waals surface area contributed by atoms with Crippen LogP contribution in [0.2, 0.25) is 0 Å². The Balaban J connectivity index is 2.22. The number of rotatable bonds is 2. The molecule has 0 amide bonds. The average molecular weight is 423 g/mol. The summed E-state index contributed by atoms with van der Waals surface area (Å²) in [5.41, 5.74) is -2.26. The molecule has 5 atom stereocenters. The fourth-order valence-corrected chi connectivity index (χ4v) is 3.75. The van der Waals surface area contributed by atoms with E-state index in [2.05, 4.69) is 20.9 Å². The van der Waals surface area contributed by atoms with Gasteiger partial charge in [0.05, 0.1) is 5.69 Å². The molecule has 0 spiro atoms. The van der Waals surface area contributed by atoms with Crippen LogP contribution in [0, 0.1) is 0 Å². The van der Waals surface area contributed by atoms with Crippen molar-refractivity contribution in [1.29, 1.82) is 0 Å². The quantitative estimate of drug-likeness (QED) is 0.379. The third-order valence-electron chi connectivity index (χ3n) is 4.07. The van der Waals surface area contributed by atoms with Gasteiger partial charge in [0.2, 0.25) is 0 Å². The molecule has 2 aromatic rings. The second kappa shape index (κ2) is 5.40. The Labute approximate surface area is 148 Å². The number of hydrogen-bond acceptors (Lipinski definition) is 6. The Kier molecular flexibility index (Phi) is 3.96. The van der Waals surface area contributed by atoms with Crippen LogP contribution in [0.25, 0.3) is 10.9 Å². The van der Waals surface area contributed by atoms with Gasteiger partial charge >= 0.3 is 5.97 Å². The maximum absolute atomic E-state index is 11.5. The number of fused-ring (bicyclic) bond motifs is 1. The monoisotopic (exact) mass is 421 g/mol. The number of halogens is 2. The van der Waals surface area contributed by atoms with Gasteiger partial charge in [-0.3, -0.25) is 0 Å². The van der Waals surface area contributed by atoms with Gasteiger partial charge in [0.25, 0.3) is 9.76 Å². The minimum Gasteiger partial charge on any atom is -0.478 e. The van der Waals surface area contributed by atoms with E-state index in [9.17, 15) is 30.3 Å². The molecule has 0 unspecified atom stereocenters. The van der Waals surface area contributed by atoms with Crippen molar-refractivity contribution in [2.24, 2.45) is 0 Å². The lowest BCUT2D eigenvalue weighted by Crippen LogP contribution is -2.73. The number of hydrogen-bond donors (Lipinski definition) is 6. The van der Waals surface area contributed by atoms with E-state index in [1.807, 2.05) is 0 Å². The SMILES string of the molecule is O=C(O)[C@@]1(Br)O[C@](O)(Cl)[C@H](O)[C@](O)(c2cc3ccccc3[nH]2)[C@@H]1O. The highest BCUT2D eigenvalue weighted by Gasteiger charge is 2.70. The summed E-state index contributed by atoms with van der Waals surface area (Å²) in [5.74, 6) is -1.75. The number of carboxylic acids is 1. The Hall–Kier alpha value is -1.20. The molecule has 2 heterocycles. The number of benzene rings is 1. The van der Waals surface area contributed by atoms with Crippen LogP contribution in [0.1, 0.15) is 5.69 Å². The van der Waals surface area contributed by atoms with Gasteiger partial charge in [-0.25, -0.2) is 4.79 Å². The topological polar surface area (TPSA) is 143 Å². The highest BCUT2D eigenvalue weighted by molar-refractivity contribution is 9.10. The summed E-state index contributed by atoms with van der Waals surface area (Å²) in [6, 6.07) is 8.21. The zero-order chi connectivity index (χ0) is 17.9. The molecule has 6 N–H and O–H groups in total. The second-order valence-electron chi connectivity index (χ2n) is 5.56. The molecule has 3 rings (SSSR count). The summed E-state index contributed by atoms with van der Waals surface area (Å²) in [7, 11) is 0. The maximum Gasteiger partial charge on any atom is 0.350 e. The Bertz CT molecular complexity index is 778. The summed E-state index contributed by atoms with van der Waals surface area (Å²) < 4.78 is 2.04. The molecule has 0 radical (unpaired) electrons. The third-order valence-corrected chi connectivity index (χ3v) is 5.29. The number of ether oxygens (including phenoxy) is 1. The van der Waals surface area contributed by atoms with Crippen molar-refractivity contribution in [2.45, 2.75) is 27.6 Å². The van der Waals surface area contributed by atoms with Crippen molar-refractivity contribution < 1.29 is 35.1 Å². The zero-order valence-corrected chi connectivity index (χ0v) is 14.2. The molecular weight excluding hydrogens is 410 g/mol. The van der Waals surface area contributed by atoms with E-state index in [4.69, 9.17) is 16.3 Å². The first-order valence-corrected chi connectivity index (χ1v) is 7.91. The number of H-pyrrole nitrogens is 1. The fourth-order valence-electron chi connectivity index (χ4n) is 2.77. The van der Waals surface area contributed by atoms with Gasteiger partial charge in [0, 0.05) is 5.52 Å².